The molecule has 0 aromatic carbocycles. The van der Waals surface area contributed by atoms with Gasteiger partial charge in [-0.15, -0.1) is 6.42 Å². The van der Waals surface area contributed by atoms with E-state index in [2.05, 4.69) is 25.2 Å². The van der Waals surface area contributed by atoms with Crippen molar-refractivity contribution in [1.29, 1.82) is 0 Å². The molecule has 1 rings (SSSR count). The Bertz CT molecular complexity index is 130. The maximum absolute atomic E-state index is 3.26. The summed E-state index contributed by atoms with van der Waals surface area (Å²) in [7, 11) is 0. The minimum absolute atomic E-state index is 0. The summed E-state index contributed by atoms with van der Waals surface area (Å²) in [6.45, 7) is 2.20. The Morgan fingerprint density at radius 1 is 1.45 bits per heavy atom. The zero-order valence-electron chi connectivity index (χ0n) is 6.53. The minimum atomic E-state index is 0. The third-order valence-electron chi connectivity index (χ3n) is 1.29. The van der Waals surface area contributed by atoms with Crippen molar-refractivity contribution in [1.82, 2.24) is 0 Å². The van der Waals surface area contributed by atoms with E-state index in [1.54, 1.807) is 0 Å². The first-order valence-electron chi connectivity index (χ1n) is 3.19. The van der Waals surface area contributed by atoms with Gasteiger partial charge in [-0.05, 0) is 0 Å². The molecular weight excluding hydrogens is 345 g/mol. The fourth-order valence-corrected chi connectivity index (χ4v) is 0.891. The maximum atomic E-state index is 3.26. The molecule has 0 spiro atoms. The smallest absolute Gasteiger partial charge is 0 e. The van der Waals surface area contributed by atoms with Gasteiger partial charge in [-0.2, -0.15) is 6.08 Å². The molecule has 0 radical (unpaired) electrons. The van der Waals surface area contributed by atoms with Crippen LogP contribution in [0, 0.1) is 6.08 Å². The van der Waals surface area contributed by atoms with E-state index < -0.39 is 0 Å². The molecule has 0 fully saturated rings. The van der Waals surface area contributed by atoms with Gasteiger partial charge in [-0.1, -0.05) is 19.8 Å². The van der Waals surface area contributed by atoms with E-state index in [0.29, 0.717) is 0 Å². The summed E-state index contributed by atoms with van der Waals surface area (Å²) in [4.78, 5) is 0. The Labute approximate surface area is 100 Å². The first kappa shape index (κ1) is 17.9. The Morgan fingerprint density at radius 3 is 2.45 bits per heavy atom. The first-order valence-corrected chi connectivity index (χ1v) is 3.19. The summed E-state index contributed by atoms with van der Waals surface area (Å²) in [5.74, 6) is 0. The fourth-order valence-electron chi connectivity index (χ4n) is 0.891. The van der Waals surface area contributed by atoms with E-state index in [-0.39, 0.29) is 50.7 Å². The second kappa shape index (κ2) is 10.9. The van der Waals surface area contributed by atoms with Crippen molar-refractivity contribution in [3.05, 3.63) is 23.8 Å². The number of hydrogen-bond acceptors (Lipinski definition) is 0. The van der Waals surface area contributed by atoms with Crippen LogP contribution in [0.3, 0.4) is 0 Å². The Morgan fingerprint density at radius 2 is 2.09 bits per heavy atom. The quantitative estimate of drug-likeness (QED) is 0.356. The van der Waals surface area contributed by atoms with Crippen molar-refractivity contribution < 1.29 is 50.7 Å². The van der Waals surface area contributed by atoms with Crippen LogP contribution in [-0.4, -0.2) is 0 Å². The zero-order chi connectivity index (χ0) is 5.82. The molecule has 0 aliphatic heterocycles. The molecule has 0 atom stereocenters. The van der Waals surface area contributed by atoms with Crippen molar-refractivity contribution >= 4 is 0 Å². The fraction of sp³-hybridized carbons (Fsp3) is 0.500. The second-order valence-electron chi connectivity index (χ2n) is 2.06. The summed E-state index contributed by atoms with van der Waals surface area (Å²) >= 11 is 0. The van der Waals surface area contributed by atoms with Crippen molar-refractivity contribution in [2.24, 2.45) is 0 Å². The number of allylic oxidation sites excluding steroid dienone is 4. The molecule has 1 aliphatic carbocycles. The molecule has 0 aromatic heterocycles. The van der Waals surface area contributed by atoms with Gasteiger partial charge in [-0.3, -0.25) is 6.08 Å². The Kier molecular flexibility index (Phi) is 17.8. The van der Waals surface area contributed by atoms with Crippen molar-refractivity contribution in [2.75, 3.05) is 0 Å². The van der Waals surface area contributed by atoms with Crippen LogP contribution in [0.1, 0.15) is 26.2 Å². The van der Waals surface area contributed by atoms with Gasteiger partial charge in [0.2, 0.25) is 0 Å². The maximum Gasteiger partial charge on any atom is 0 e. The zero-order valence-corrected chi connectivity index (χ0v) is 11.6. The number of halogens is 2. The molecule has 0 saturated carbocycles. The van der Waals surface area contributed by atoms with Gasteiger partial charge >= 0.3 is 0 Å². The van der Waals surface area contributed by atoms with Crippen molar-refractivity contribution in [3.63, 3.8) is 0 Å². The average Bonchev–Trinajstić information content (AvgIpc) is 2.19. The Hall–Kier alpha value is 0.930. The van der Waals surface area contributed by atoms with Crippen LogP contribution in [0.25, 0.3) is 0 Å². The summed E-state index contributed by atoms with van der Waals surface area (Å²) in [5.41, 5.74) is 1.40. The van der Waals surface area contributed by atoms with Crippen LogP contribution >= 0.6 is 0 Å². The van der Waals surface area contributed by atoms with Gasteiger partial charge in [0.05, 0.1) is 0 Å². The van der Waals surface area contributed by atoms with Crippen LogP contribution in [0.4, 0.5) is 0 Å². The number of rotatable bonds is 2. The largest absolute Gasteiger partial charge is 1.00 e. The van der Waals surface area contributed by atoms with Crippen molar-refractivity contribution in [2.45, 2.75) is 26.2 Å². The second-order valence-corrected chi connectivity index (χ2v) is 2.06. The molecule has 1 aliphatic rings. The van der Waals surface area contributed by atoms with Gasteiger partial charge in [0.1, 0.15) is 0 Å². The molecule has 64 valence electrons. The summed E-state index contributed by atoms with van der Waals surface area (Å²) < 4.78 is 0. The molecule has 0 amide bonds. The van der Waals surface area contributed by atoms with E-state index in [9.17, 15) is 0 Å². The van der Waals surface area contributed by atoms with E-state index in [4.69, 9.17) is 0 Å². The van der Waals surface area contributed by atoms with Crippen LogP contribution in [0.2, 0.25) is 0 Å². The summed E-state index contributed by atoms with van der Waals surface area (Å²) in [5, 5.41) is 0. The third-order valence-corrected chi connectivity index (χ3v) is 1.29. The summed E-state index contributed by atoms with van der Waals surface area (Å²) in [6, 6.07) is 0. The van der Waals surface area contributed by atoms with Gasteiger partial charge < -0.3 is 24.8 Å². The van der Waals surface area contributed by atoms with Gasteiger partial charge in [0.15, 0.2) is 0 Å². The normalized spacial score (nSPS) is 12.3. The van der Waals surface area contributed by atoms with Crippen molar-refractivity contribution in [3.8, 4) is 0 Å². The molecule has 0 unspecified atom stereocenters. The topological polar surface area (TPSA) is 0 Å². The van der Waals surface area contributed by atoms with Crippen LogP contribution in [0.5, 0.6) is 0 Å². The first-order chi connectivity index (χ1) is 3.93. The molecular formula is C8H11Cl2Hf-3. The molecule has 0 nitrogen and oxygen atoms in total. The monoisotopic (exact) mass is 357 g/mol. The average molecular weight is 357 g/mol. The van der Waals surface area contributed by atoms with E-state index in [1.807, 2.05) is 0 Å². The van der Waals surface area contributed by atoms with Gasteiger partial charge in [-0.25, -0.2) is 11.6 Å². The predicted molar refractivity (Wildman–Crippen MR) is 35.4 cm³/mol. The number of hydrogen-bond donors (Lipinski definition) is 0. The van der Waals surface area contributed by atoms with Crippen LogP contribution in [-0.2, 0) is 25.8 Å². The van der Waals surface area contributed by atoms with E-state index in [1.165, 1.54) is 18.4 Å². The van der Waals surface area contributed by atoms with Crippen LogP contribution in [0.15, 0.2) is 17.7 Å². The third kappa shape index (κ3) is 7.30. The SMILES string of the molecule is CCCC1=[C-]CC=C1.[Cl-].[Cl-].[Hf]. The minimum Gasteiger partial charge on any atom is -1.00 e. The molecule has 0 bridgehead atoms. The summed E-state index contributed by atoms with van der Waals surface area (Å²) in [6.07, 6.45) is 11.1. The predicted octanol–water partition coefficient (Wildman–Crippen LogP) is -3.52. The molecule has 0 heterocycles. The molecule has 3 heteroatoms. The standard InChI is InChI=1S/C8H11.2ClH.Hf/c1-2-5-8-6-3-4-7-8;;;/h3,6H,2,4-5H2,1H3;2*1H;/q-1;;;/p-2. The van der Waals surface area contributed by atoms with E-state index >= 15 is 0 Å². The molecule has 0 aromatic rings. The Balaban J connectivity index is -0.000000213. The molecule has 11 heavy (non-hydrogen) atoms. The van der Waals surface area contributed by atoms with Gasteiger partial charge in [0.25, 0.3) is 0 Å². The van der Waals surface area contributed by atoms with Crippen LogP contribution < -0.4 is 24.8 Å². The molecule has 0 N–H and O–H groups in total. The molecule has 0 saturated heterocycles. The van der Waals surface area contributed by atoms with Gasteiger partial charge in [0, 0.05) is 25.8 Å². The van der Waals surface area contributed by atoms with E-state index in [0.717, 1.165) is 6.42 Å².